The van der Waals surface area contributed by atoms with E-state index in [9.17, 15) is 27.9 Å². The van der Waals surface area contributed by atoms with Crippen molar-refractivity contribution < 1.29 is 23.0 Å². The molecule has 0 fully saturated rings. The number of ether oxygens (including phenoxy) is 1. The molecule has 34 heavy (non-hydrogen) atoms. The number of allylic oxidation sites excluding steroid dienone is 2. The fourth-order valence-electron chi connectivity index (χ4n) is 4.03. The SMILES string of the molecule is Cn1c(=O)n(CCCO)c(=O)c2c1nc(C1=CC=CC(OC(F)(F)F)C1)n2Cc1ccccc1. The Morgan fingerprint density at radius 3 is 2.59 bits per heavy atom. The van der Waals surface area contributed by atoms with Crippen LogP contribution >= 0.6 is 0 Å². The zero-order valence-electron chi connectivity index (χ0n) is 18.3. The Balaban J connectivity index is 1.90. The molecule has 180 valence electrons. The molecule has 0 amide bonds. The Morgan fingerprint density at radius 2 is 1.91 bits per heavy atom. The van der Waals surface area contributed by atoms with E-state index in [0.717, 1.165) is 10.1 Å². The molecule has 0 spiro atoms. The molecule has 8 nitrogen and oxygen atoms in total. The van der Waals surface area contributed by atoms with Crippen LogP contribution in [0.2, 0.25) is 0 Å². The van der Waals surface area contributed by atoms with Gasteiger partial charge >= 0.3 is 12.1 Å². The highest BCUT2D eigenvalue weighted by molar-refractivity contribution is 5.77. The third-order valence-electron chi connectivity index (χ3n) is 5.57. The van der Waals surface area contributed by atoms with Crippen LogP contribution in [0.5, 0.6) is 0 Å². The van der Waals surface area contributed by atoms with Gasteiger partial charge in [-0.25, -0.2) is 9.78 Å². The second kappa shape index (κ2) is 9.43. The van der Waals surface area contributed by atoms with Gasteiger partial charge in [-0.2, -0.15) is 0 Å². The summed E-state index contributed by atoms with van der Waals surface area (Å²) in [5.74, 6) is 0.283. The summed E-state index contributed by atoms with van der Waals surface area (Å²) in [6, 6.07) is 9.22. The molecule has 1 unspecified atom stereocenters. The predicted molar refractivity (Wildman–Crippen MR) is 119 cm³/mol. The van der Waals surface area contributed by atoms with Crippen LogP contribution in [0.4, 0.5) is 13.2 Å². The Morgan fingerprint density at radius 1 is 1.18 bits per heavy atom. The second-order valence-electron chi connectivity index (χ2n) is 7.94. The molecule has 1 N–H and O–H groups in total. The van der Waals surface area contributed by atoms with Crippen molar-refractivity contribution in [2.45, 2.75) is 38.4 Å². The first-order valence-electron chi connectivity index (χ1n) is 10.7. The number of aryl methyl sites for hydroxylation is 1. The van der Waals surface area contributed by atoms with Gasteiger partial charge in [0.1, 0.15) is 5.82 Å². The maximum Gasteiger partial charge on any atom is 0.523 e. The highest BCUT2D eigenvalue weighted by atomic mass is 19.4. The third-order valence-corrected chi connectivity index (χ3v) is 5.57. The van der Waals surface area contributed by atoms with Gasteiger partial charge < -0.3 is 9.67 Å². The first kappa shape index (κ1) is 23.7. The lowest BCUT2D eigenvalue weighted by Gasteiger charge is -2.20. The third kappa shape index (κ3) is 4.75. The maximum atomic E-state index is 13.4. The van der Waals surface area contributed by atoms with Gasteiger partial charge in [0.05, 0.1) is 6.10 Å². The molecular weight excluding hydrogens is 453 g/mol. The highest BCUT2D eigenvalue weighted by Crippen LogP contribution is 2.30. The lowest BCUT2D eigenvalue weighted by atomic mass is 10.0. The minimum atomic E-state index is -4.80. The molecular formula is C23H23F3N4O4. The molecule has 3 aromatic rings. The number of benzene rings is 1. The van der Waals surface area contributed by atoms with Gasteiger partial charge in [0.2, 0.25) is 0 Å². The normalized spacial score (nSPS) is 16.3. The van der Waals surface area contributed by atoms with Gasteiger partial charge in [-0.15, -0.1) is 13.2 Å². The van der Waals surface area contributed by atoms with E-state index >= 15 is 0 Å². The first-order chi connectivity index (χ1) is 16.2. The summed E-state index contributed by atoms with van der Waals surface area (Å²) in [4.78, 5) is 30.7. The van der Waals surface area contributed by atoms with Crippen LogP contribution in [0.15, 0.2) is 58.1 Å². The van der Waals surface area contributed by atoms with E-state index in [2.05, 4.69) is 9.72 Å². The number of rotatable bonds is 7. The van der Waals surface area contributed by atoms with Crippen LogP contribution in [-0.2, 0) is 24.9 Å². The fraction of sp³-hybridized carbons (Fsp3) is 0.348. The molecule has 1 aliphatic rings. The van der Waals surface area contributed by atoms with Crippen LogP contribution in [0.3, 0.4) is 0 Å². The minimum Gasteiger partial charge on any atom is -0.396 e. The summed E-state index contributed by atoms with van der Waals surface area (Å²) < 4.78 is 46.5. The van der Waals surface area contributed by atoms with E-state index in [1.807, 2.05) is 30.3 Å². The van der Waals surface area contributed by atoms with Crippen molar-refractivity contribution in [1.82, 2.24) is 18.7 Å². The quantitative estimate of drug-likeness (QED) is 0.566. The monoisotopic (exact) mass is 476 g/mol. The van der Waals surface area contributed by atoms with Crippen molar-refractivity contribution in [1.29, 1.82) is 0 Å². The summed E-state index contributed by atoms with van der Waals surface area (Å²) in [6.45, 7) is 0.0463. The zero-order valence-corrected chi connectivity index (χ0v) is 18.3. The molecule has 2 heterocycles. The number of nitrogens with zero attached hydrogens (tertiary/aromatic N) is 4. The highest BCUT2D eigenvalue weighted by Gasteiger charge is 2.34. The number of aliphatic hydroxyl groups is 1. The number of hydrogen-bond donors (Lipinski definition) is 1. The molecule has 0 saturated heterocycles. The Bertz CT molecular complexity index is 1370. The molecule has 1 atom stereocenters. The maximum absolute atomic E-state index is 13.4. The molecule has 0 saturated carbocycles. The number of imidazole rings is 1. The molecule has 0 radical (unpaired) electrons. The average molecular weight is 476 g/mol. The molecule has 0 bridgehead atoms. The van der Waals surface area contributed by atoms with Gasteiger partial charge in [-0.3, -0.25) is 18.7 Å². The lowest BCUT2D eigenvalue weighted by molar-refractivity contribution is -0.335. The predicted octanol–water partition coefficient (Wildman–Crippen LogP) is 2.58. The Hall–Kier alpha value is -3.44. The summed E-state index contributed by atoms with van der Waals surface area (Å²) in [7, 11) is 1.48. The smallest absolute Gasteiger partial charge is 0.396 e. The lowest BCUT2D eigenvalue weighted by Crippen LogP contribution is -2.40. The summed E-state index contributed by atoms with van der Waals surface area (Å²) in [6.07, 6.45) is -1.55. The van der Waals surface area contributed by atoms with E-state index in [0.29, 0.717) is 5.57 Å². The van der Waals surface area contributed by atoms with Crippen molar-refractivity contribution in [2.75, 3.05) is 6.61 Å². The Labute approximate surface area is 191 Å². The van der Waals surface area contributed by atoms with Crippen molar-refractivity contribution in [3.63, 3.8) is 0 Å². The number of aromatic nitrogens is 4. The van der Waals surface area contributed by atoms with Crippen LogP contribution in [-0.4, -0.2) is 42.9 Å². The van der Waals surface area contributed by atoms with E-state index in [-0.39, 0.29) is 49.5 Å². The van der Waals surface area contributed by atoms with Crippen LogP contribution in [0.25, 0.3) is 16.7 Å². The minimum absolute atomic E-state index is 0.0245. The van der Waals surface area contributed by atoms with Crippen molar-refractivity contribution >= 4 is 16.7 Å². The average Bonchev–Trinajstić information content (AvgIpc) is 3.17. The number of aliphatic hydroxyl groups excluding tert-OH is 1. The van der Waals surface area contributed by atoms with E-state index < -0.39 is 23.7 Å². The van der Waals surface area contributed by atoms with Gasteiger partial charge in [0.25, 0.3) is 5.56 Å². The molecule has 0 aliphatic heterocycles. The van der Waals surface area contributed by atoms with Gasteiger partial charge in [0, 0.05) is 33.2 Å². The molecule has 1 aliphatic carbocycles. The molecule has 2 aromatic heterocycles. The largest absolute Gasteiger partial charge is 0.523 e. The second-order valence-corrected chi connectivity index (χ2v) is 7.94. The van der Waals surface area contributed by atoms with Gasteiger partial charge in [0.15, 0.2) is 11.2 Å². The van der Waals surface area contributed by atoms with Crippen molar-refractivity contribution in [3.8, 4) is 0 Å². The van der Waals surface area contributed by atoms with E-state index in [4.69, 9.17) is 0 Å². The molecule has 4 rings (SSSR count). The standard InChI is InChI=1S/C23H23F3N4O4/c1-28-20-18(21(32)29(22(28)33)11-6-12-31)30(14-15-7-3-2-4-8-15)19(27-20)16-9-5-10-17(13-16)34-23(24,25)26/h2-5,7-10,17,31H,6,11-14H2,1H3. The van der Waals surface area contributed by atoms with Crippen LogP contribution < -0.4 is 11.2 Å². The summed E-state index contributed by atoms with van der Waals surface area (Å²) in [5.41, 5.74) is 0.410. The van der Waals surface area contributed by atoms with Gasteiger partial charge in [-0.05, 0) is 17.6 Å². The van der Waals surface area contributed by atoms with E-state index in [1.54, 1.807) is 10.6 Å². The number of alkyl halides is 3. The van der Waals surface area contributed by atoms with Crippen molar-refractivity contribution in [3.05, 3.63) is 80.8 Å². The molecule has 11 heteroatoms. The van der Waals surface area contributed by atoms with E-state index in [1.165, 1.54) is 23.8 Å². The first-order valence-corrected chi connectivity index (χ1v) is 10.7. The van der Waals surface area contributed by atoms with Crippen molar-refractivity contribution in [2.24, 2.45) is 7.05 Å². The van der Waals surface area contributed by atoms with Crippen LogP contribution in [0, 0.1) is 0 Å². The molecule has 1 aromatic carbocycles. The number of hydrogen-bond acceptors (Lipinski definition) is 5. The summed E-state index contributed by atoms with van der Waals surface area (Å²) in [5, 5.41) is 9.17. The fourth-order valence-corrected chi connectivity index (χ4v) is 4.03. The topological polar surface area (TPSA) is 91.3 Å². The van der Waals surface area contributed by atoms with Gasteiger partial charge in [-0.1, -0.05) is 48.6 Å². The summed E-state index contributed by atoms with van der Waals surface area (Å²) >= 11 is 0. The number of fused-ring (bicyclic) bond motifs is 1. The van der Waals surface area contributed by atoms with Crippen LogP contribution in [0.1, 0.15) is 24.2 Å². The number of halogens is 3. The zero-order chi connectivity index (χ0) is 24.5. The Kier molecular flexibility index (Phi) is 6.58.